The lowest BCUT2D eigenvalue weighted by atomic mass is 9.87. The van der Waals surface area contributed by atoms with Crippen LogP contribution in [0, 0.1) is 6.92 Å². The maximum atomic E-state index is 12.6. The van der Waals surface area contributed by atoms with Crippen molar-refractivity contribution in [2.75, 3.05) is 18.4 Å². The molecule has 27 heavy (non-hydrogen) atoms. The molecule has 2 amide bonds. The van der Waals surface area contributed by atoms with Crippen LogP contribution in [0.15, 0.2) is 36.4 Å². The van der Waals surface area contributed by atoms with Crippen LogP contribution in [0.3, 0.4) is 0 Å². The van der Waals surface area contributed by atoms with Crippen molar-refractivity contribution in [2.24, 2.45) is 0 Å². The first-order valence-electron chi connectivity index (χ1n) is 9.45. The number of hydrogen-bond acceptors (Lipinski definition) is 4. The molecule has 1 fully saturated rings. The lowest BCUT2D eigenvalue weighted by Gasteiger charge is -2.32. The van der Waals surface area contributed by atoms with Gasteiger partial charge in [0.2, 0.25) is 5.88 Å². The van der Waals surface area contributed by atoms with Crippen LogP contribution in [0.4, 0.5) is 10.5 Å². The molecule has 1 unspecified atom stereocenters. The Morgan fingerprint density at radius 2 is 1.89 bits per heavy atom. The molecule has 2 heterocycles. The summed E-state index contributed by atoms with van der Waals surface area (Å²) >= 11 is 0. The second-order valence-electron chi connectivity index (χ2n) is 8.10. The van der Waals surface area contributed by atoms with E-state index in [-0.39, 0.29) is 17.6 Å². The van der Waals surface area contributed by atoms with Gasteiger partial charge in [-0.3, -0.25) is 0 Å². The summed E-state index contributed by atoms with van der Waals surface area (Å²) in [5, 5.41) is 11.0. The van der Waals surface area contributed by atoms with E-state index in [4.69, 9.17) is 4.74 Å². The third-order valence-electron chi connectivity index (χ3n) is 4.73. The summed E-state index contributed by atoms with van der Waals surface area (Å²) in [5.74, 6) is 0.505. The van der Waals surface area contributed by atoms with E-state index >= 15 is 0 Å². The number of amides is 2. The van der Waals surface area contributed by atoms with Gasteiger partial charge in [0.15, 0.2) is 0 Å². The van der Waals surface area contributed by atoms with E-state index in [9.17, 15) is 4.79 Å². The molecule has 2 aromatic rings. The lowest BCUT2D eigenvalue weighted by molar-refractivity contribution is 0.102. The van der Waals surface area contributed by atoms with Gasteiger partial charge in [-0.25, -0.2) is 4.79 Å². The SMILES string of the molecule is Cc1ccc(OC2CCCN(C(=O)Nc3ccc(C(C)(C)C)cc3)C2)nn1. The number of anilines is 1. The van der Waals surface area contributed by atoms with Gasteiger partial charge < -0.3 is 15.0 Å². The fourth-order valence-electron chi connectivity index (χ4n) is 3.10. The van der Waals surface area contributed by atoms with Crippen LogP contribution in [0.5, 0.6) is 5.88 Å². The first-order chi connectivity index (χ1) is 12.8. The van der Waals surface area contributed by atoms with Crippen LogP contribution in [-0.2, 0) is 5.41 Å². The summed E-state index contributed by atoms with van der Waals surface area (Å²) in [7, 11) is 0. The Bertz CT molecular complexity index is 766. The Kier molecular flexibility index (Phi) is 5.63. The van der Waals surface area contributed by atoms with Gasteiger partial charge in [-0.1, -0.05) is 32.9 Å². The van der Waals surface area contributed by atoms with Crippen molar-refractivity contribution >= 4 is 11.7 Å². The minimum absolute atomic E-state index is 0.0650. The molecule has 0 radical (unpaired) electrons. The molecule has 0 spiro atoms. The number of carbonyl (C=O) groups excluding carboxylic acids is 1. The van der Waals surface area contributed by atoms with Crippen LogP contribution in [0.2, 0.25) is 0 Å². The predicted octanol–water partition coefficient (Wildman–Crippen LogP) is 4.16. The zero-order chi connectivity index (χ0) is 19.4. The highest BCUT2D eigenvalue weighted by Crippen LogP contribution is 2.24. The molecular formula is C21H28N4O2. The first kappa shape index (κ1) is 19.1. The molecular weight excluding hydrogens is 340 g/mol. The van der Waals surface area contributed by atoms with E-state index in [1.54, 1.807) is 4.90 Å². The van der Waals surface area contributed by atoms with Gasteiger partial charge >= 0.3 is 6.03 Å². The maximum Gasteiger partial charge on any atom is 0.321 e. The lowest BCUT2D eigenvalue weighted by Crippen LogP contribution is -2.46. The summed E-state index contributed by atoms with van der Waals surface area (Å²) in [4.78, 5) is 14.4. The third kappa shape index (κ3) is 5.18. The molecule has 3 rings (SSSR count). The van der Waals surface area contributed by atoms with Crippen LogP contribution >= 0.6 is 0 Å². The highest BCUT2D eigenvalue weighted by molar-refractivity contribution is 5.89. The minimum atomic E-state index is -0.0956. The zero-order valence-corrected chi connectivity index (χ0v) is 16.5. The molecule has 1 aliphatic rings. The minimum Gasteiger partial charge on any atom is -0.471 e. The molecule has 1 atom stereocenters. The number of nitrogens with one attached hydrogen (secondary N) is 1. The summed E-state index contributed by atoms with van der Waals surface area (Å²) in [6, 6.07) is 11.6. The number of piperidine rings is 1. The van der Waals surface area contributed by atoms with E-state index in [1.165, 1.54) is 5.56 Å². The van der Waals surface area contributed by atoms with Crippen molar-refractivity contribution in [3.63, 3.8) is 0 Å². The Hall–Kier alpha value is -2.63. The second-order valence-corrected chi connectivity index (χ2v) is 8.10. The predicted molar refractivity (Wildman–Crippen MR) is 106 cm³/mol. The number of aryl methyl sites for hydroxylation is 1. The second kappa shape index (κ2) is 7.94. The number of urea groups is 1. The van der Waals surface area contributed by atoms with Gasteiger partial charge in [0, 0.05) is 18.3 Å². The topological polar surface area (TPSA) is 67.3 Å². The molecule has 144 valence electrons. The largest absolute Gasteiger partial charge is 0.471 e. The fraction of sp³-hybridized carbons (Fsp3) is 0.476. The highest BCUT2D eigenvalue weighted by Gasteiger charge is 2.25. The number of aromatic nitrogens is 2. The summed E-state index contributed by atoms with van der Waals surface area (Å²) < 4.78 is 5.90. The van der Waals surface area contributed by atoms with Crippen LogP contribution in [0.1, 0.15) is 44.9 Å². The quantitative estimate of drug-likeness (QED) is 0.883. The van der Waals surface area contributed by atoms with Crippen LogP contribution < -0.4 is 10.1 Å². The Morgan fingerprint density at radius 1 is 1.15 bits per heavy atom. The maximum absolute atomic E-state index is 12.6. The highest BCUT2D eigenvalue weighted by atomic mass is 16.5. The molecule has 0 saturated carbocycles. The average Bonchev–Trinajstić information content (AvgIpc) is 2.63. The fourth-order valence-corrected chi connectivity index (χ4v) is 3.10. The normalized spacial score (nSPS) is 17.5. The van der Waals surface area contributed by atoms with E-state index < -0.39 is 0 Å². The first-order valence-corrected chi connectivity index (χ1v) is 9.45. The molecule has 1 saturated heterocycles. The smallest absolute Gasteiger partial charge is 0.321 e. The van der Waals surface area contributed by atoms with E-state index in [2.05, 4.69) is 48.4 Å². The number of carbonyl (C=O) groups is 1. The summed E-state index contributed by atoms with van der Waals surface area (Å²) in [6.45, 7) is 9.68. The van der Waals surface area contributed by atoms with Gasteiger partial charge in [-0.05, 0) is 48.9 Å². The van der Waals surface area contributed by atoms with Crippen molar-refractivity contribution in [2.45, 2.75) is 52.1 Å². The number of likely N-dealkylation sites (tertiary alicyclic amines) is 1. The number of nitrogens with zero attached hydrogens (tertiary/aromatic N) is 3. The van der Waals surface area contributed by atoms with Crippen molar-refractivity contribution in [3.05, 3.63) is 47.7 Å². The summed E-state index contributed by atoms with van der Waals surface area (Å²) in [6.07, 6.45) is 1.74. The zero-order valence-electron chi connectivity index (χ0n) is 16.5. The van der Waals surface area contributed by atoms with E-state index in [0.717, 1.165) is 30.8 Å². The average molecular weight is 368 g/mol. The Morgan fingerprint density at radius 3 is 2.52 bits per heavy atom. The molecule has 0 bridgehead atoms. The van der Waals surface area contributed by atoms with Gasteiger partial charge in [0.05, 0.1) is 12.2 Å². The van der Waals surface area contributed by atoms with Gasteiger partial charge in [-0.15, -0.1) is 5.10 Å². The van der Waals surface area contributed by atoms with Gasteiger partial charge in [0.1, 0.15) is 6.10 Å². The monoisotopic (exact) mass is 368 g/mol. The van der Waals surface area contributed by atoms with Crippen molar-refractivity contribution < 1.29 is 9.53 Å². The van der Waals surface area contributed by atoms with Crippen LogP contribution in [0.25, 0.3) is 0 Å². The molecule has 6 nitrogen and oxygen atoms in total. The van der Waals surface area contributed by atoms with Crippen LogP contribution in [-0.4, -0.2) is 40.3 Å². The molecule has 1 aliphatic heterocycles. The van der Waals surface area contributed by atoms with Gasteiger partial charge in [0.25, 0.3) is 0 Å². The van der Waals surface area contributed by atoms with E-state index in [0.29, 0.717) is 12.4 Å². The molecule has 6 heteroatoms. The van der Waals surface area contributed by atoms with E-state index in [1.807, 2.05) is 31.2 Å². The molecule has 0 aliphatic carbocycles. The van der Waals surface area contributed by atoms with Gasteiger partial charge in [-0.2, -0.15) is 5.10 Å². The van der Waals surface area contributed by atoms with Crippen molar-refractivity contribution in [1.82, 2.24) is 15.1 Å². The summed E-state index contributed by atoms with van der Waals surface area (Å²) in [5.41, 5.74) is 3.00. The third-order valence-corrected chi connectivity index (χ3v) is 4.73. The number of rotatable bonds is 3. The van der Waals surface area contributed by atoms with Crippen molar-refractivity contribution in [1.29, 1.82) is 0 Å². The number of ether oxygens (including phenoxy) is 1. The Balaban J connectivity index is 1.57. The standard InChI is InChI=1S/C21H28N4O2/c1-15-7-12-19(24-23-15)27-18-6-5-13-25(14-18)20(26)22-17-10-8-16(9-11-17)21(2,3)4/h7-12,18H,5-6,13-14H2,1-4H3,(H,22,26). The number of benzene rings is 1. The van der Waals surface area contributed by atoms with Crippen molar-refractivity contribution in [3.8, 4) is 5.88 Å². The Labute approximate surface area is 160 Å². The molecule has 1 aromatic heterocycles. The molecule has 1 N–H and O–H groups in total. The number of hydrogen-bond donors (Lipinski definition) is 1. The molecule has 1 aromatic carbocycles.